The molecule has 5 nitrogen and oxygen atoms in total. The minimum Gasteiger partial charge on any atom is -0.493 e. The van der Waals surface area contributed by atoms with Crippen molar-refractivity contribution in [2.75, 3.05) is 19.7 Å². The maximum Gasteiger partial charge on any atom is 0.253 e. The van der Waals surface area contributed by atoms with Crippen molar-refractivity contribution in [3.8, 4) is 5.75 Å². The smallest absolute Gasteiger partial charge is 0.253 e. The molecule has 2 fully saturated rings. The first-order valence-corrected chi connectivity index (χ1v) is 9.87. The fourth-order valence-electron chi connectivity index (χ4n) is 4.55. The van der Waals surface area contributed by atoms with Crippen molar-refractivity contribution in [2.24, 2.45) is 5.92 Å². The zero-order valence-electron chi connectivity index (χ0n) is 15.7. The molecule has 1 aromatic carbocycles. The van der Waals surface area contributed by atoms with Gasteiger partial charge < -0.3 is 19.5 Å². The van der Waals surface area contributed by atoms with Crippen LogP contribution in [0.5, 0.6) is 5.75 Å². The van der Waals surface area contributed by atoms with Crippen molar-refractivity contribution in [3.05, 3.63) is 29.3 Å². The summed E-state index contributed by atoms with van der Waals surface area (Å²) in [5, 5.41) is 10.3. The van der Waals surface area contributed by atoms with Gasteiger partial charge in [-0.2, -0.15) is 0 Å². The summed E-state index contributed by atoms with van der Waals surface area (Å²) >= 11 is 0. The van der Waals surface area contributed by atoms with E-state index in [4.69, 9.17) is 9.47 Å². The van der Waals surface area contributed by atoms with E-state index in [1.54, 1.807) is 0 Å². The van der Waals surface area contributed by atoms with Crippen molar-refractivity contribution < 1.29 is 19.4 Å². The van der Waals surface area contributed by atoms with Gasteiger partial charge in [0, 0.05) is 31.5 Å². The lowest BCUT2D eigenvalue weighted by Crippen LogP contribution is -2.54. The van der Waals surface area contributed by atoms with E-state index in [2.05, 4.69) is 13.8 Å². The number of carbonyl (C=O) groups is 1. The monoisotopic (exact) mass is 359 g/mol. The summed E-state index contributed by atoms with van der Waals surface area (Å²) in [6.45, 7) is 6.36. The summed E-state index contributed by atoms with van der Waals surface area (Å²) < 4.78 is 12.0. The second kappa shape index (κ2) is 6.86. The van der Waals surface area contributed by atoms with Gasteiger partial charge in [0.25, 0.3) is 5.91 Å². The zero-order valence-corrected chi connectivity index (χ0v) is 15.7. The van der Waals surface area contributed by atoms with E-state index in [9.17, 15) is 9.90 Å². The molecule has 26 heavy (non-hydrogen) atoms. The van der Waals surface area contributed by atoms with Gasteiger partial charge in [-0.1, -0.05) is 13.8 Å². The first-order valence-electron chi connectivity index (χ1n) is 9.87. The van der Waals surface area contributed by atoms with E-state index in [0.717, 1.165) is 42.6 Å². The van der Waals surface area contributed by atoms with E-state index in [0.29, 0.717) is 32.0 Å². The molecule has 142 valence electrons. The molecule has 0 saturated carbocycles. The van der Waals surface area contributed by atoms with Gasteiger partial charge in [-0.3, -0.25) is 4.79 Å². The largest absolute Gasteiger partial charge is 0.493 e. The summed E-state index contributed by atoms with van der Waals surface area (Å²) in [5.41, 5.74) is 1.60. The Bertz CT molecular complexity index is 679. The number of benzene rings is 1. The third-order valence-corrected chi connectivity index (χ3v) is 6.16. The molecule has 0 radical (unpaired) electrons. The van der Waals surface area contributed by atoms with E-state index < -0.39 is 0 Å². The maximum absolute atomic E-state index is 12.9. The molecule has 3 heterocycles. The van der Waals surface area contributed by atoms with E-state index >= 15 is 0 Å². The Balaban J connectivity index is 1.42. The standard InChI is InChI=1S/C21H29NO4/c1-14(2)19-12-17(23)13-21(26-19)6-8-22(9-7-21)20(24)16-3-4-18-15(11-16)5-10-25-18/h3-4,11,14,17,19,23H,5-10,12-13H2,1-2H3/t17-,19-/m1/s1. The highest BCUT2D eigenvalue weighted by Gasteiger charge is 2.44. The Labute approximate surface area is 155 Å². The van der Waals surface area contributed by atoms with Gasteiger partial charge in [-0.05, 0) is 48.9 Å². The highest BCUT2D eigenvalue weighted by Crippen LogP contribution is 2.39. The Morgan fingerprint density at radius 1 is 1.31 bits per heavy atom. The Hall–Kier alpha value is -1.59. The van der Waals surface area contributed by atoms with Crippen LogP contribution in [0.2, 0.25) is 0 Å². The highest BCUT2D eigenvalue weighted by molar-refractivity contribution is 5.94. The summed E-state index contributed by atoms with van der Waals surface area (Å²) in [7, 11) is 0. The molecule has 5 heteroatoms. The summed E-state index contributed by atoms with van der Waals surface area (Å²) in [6.07, 6.45) is 3.70. The average Bonchev–Trinajstić information content (AvgIpc) is 3.09. The predicted octanol–water partition coefficient (Wildman–Crippen LogP) is 2.79. The number of fused-ring (bicyclic) bond motifs is 1. The van der Waals surface area contributed by atoms with Crippen LogP contribution in [0.15, 0.2) is 18.2 Å². The Morgan fingerprint density at radius 3 is 2.81 bits per heavy atom. The summed E-state index contributed by atoms with van der Waals surface area (Å²) in [4.78, 5) is 14.8. The van der Waals surface area contributed by atoms with Crippen LogP contribution in [-0.4, -0.2) is 53.4 Å². The lowest BCUT2D eigenvalue weighted by atomic mass is 9.80. The molecular formula is C21H29NO4. The van der Waals surface area contributed by atoms with Gasteiger partial charge in [0.15, 0.2) is 0 Å². The normalized spacial score (nSPS) is 27.5. The van der Waals surface area contributed by atoms with Crippen molar-refractivity contribution in [3.63, 3.8) is 0 Å². The average molecular weight is 359 g/mol. The SMILES string of the molecule is CC(C)[C@H]1C[C@@H](O)CC2(CCN(C(=O)c3ccc4c(c3)CCO4)CC2)O1. The quantitative estimate of drug-likeness (QED) is 0.882. The molecule has 2 saturated heterocycles. The minimum absolute atomic E-state index is 0.0892. The van der Waals surface area contributed by atoms with Crippen molar-refractivity contribution in [1.29, 1.82) is 0 Å². The molecule has 0 aromatic heterocycles. The Kier molecular flexibility index (Phi) is 4.70. The van der Waals surface area contributed by atoms with Crippen LogP contribution < -0.4 is 4.74 Å². The Morgan fingerprint density at radius 2 is 2.08 bits per heavy atom. The second-order valence-corrected chi connectivity index (χ2v) is 8.39. The van der Waals surface area contributed by atoms with Gasteiger partial charge in [0.2, 0.25) is 0 Å². The van der Waals surface area contributed by atoms with Crippen molar-refractivity contribution in [2.45, 2.75) is 63.8 Å². The van der Waals surface area contributed by atoms with E-state index in [1.165, 1.54) is 0 Å². The molecule has 4 rings (SSSR count). The topological polar surface area (TPSA) is 59.0 Å². The molecule has 1 aromatic rings. The van der Waals surface area contributed by atoms with Crippen molar-refractivity contribution in [1.82, 2.24) is 4.90 Å². The van der Waals surface area contributed by atoms with Gasteiger partial charge in [-0.25, -0.2) is 0 Å². The number of rotatable bonds is 2. The van der Waals surface area contributed by atoms with Crippen LogP contribution in [-0.2, 0) is 11.2 Å². The van der Waals surface area contributed by atoms with Gasteiger partial charge in [0.05, 0.1) is 24.4 Å². The fourth-order valence-corrected chi connectivity index (χ4v) is 4.55. The molecule has 0 unspecified atom stereocenters. The molecule has 3 aliphatic rings. The highest BCUT2D eigenvalue weighted by atomic mass is 16.5. The van der Waals surface area contributed by atoms with Crippen LogP contribution in [0.4, 0.5) is 0 Å². The van der Waals surface area contributed by atoms with Crippen LogP contribution >= 0.6 is 0 Å². The molecule has 3 aliphatic heterocycles. The number of piperidine rings is 1. The van der Waals surface area contributed by atoms with Crippen LogP contribution in [0.1, 0.15) is 55.5 Å². The molecule has 1 N–H and O–H groups in total. The number of amides is 1. The number of nitrogens with zero attached hydrogens (tertiary/aromatic N) is 1. The number of ether oxygens (including phenoxy) is 2. The lowest BCUT2D eigenvalue weighted by molar-refractivity contribution is -0.190. The number of aliphatic hydroxyl groups excluding tert-OH is 1. The van der Waals surface area contributed by atoms with Crippen LogP contribution in [0.3, 0.4) is 0 Å². The molecule has 1 amide bonds. The fraction of sp³-hybridized carbons (Fsp3) is 0.667. The predicted molar refractivity (Wildman–Crippen MR) is 98.5 cm³/mol. The lowest BCUT2D eigenvalue weighted by Gasteiger charge is -2.48. The number of hydrogen-bond acceptors (Lipinski definition) is 4. The van der Waals surface area contributed by atoms with Gasteiger partial charge in [-0.15, -0.1) is 0 Å². The molecule has 2 atom stereocenters. The van der Waals surface area contributed by atoms with Gasteiger partial charge in [0.1, 0.15) is 5.75 Å². The third-order valence-electron chi connectivity index (χ3n) is 6.16. The second-order valence-electron chi connectivity index (χ2n) is 8.39. The summed E-state index contributed by atoms with van der Waals surface area (Å²) in [6, 6.07) is 5.76. The molecular weight excluding hydrogens is 330 g/mol. The first-order chi connectivity index (χ1) is 12.5. The molecule has 0 aliphatic carbocycles. The first kappa shape index (κ1) is 17.8. The van der Waals surface area contributed by atoms with Crippen LogP contribution in [0.25, 0.3) is 0 Å². The third kappa shape index (κ3) is 3.35. The molecule has 0 bridgehead atoms. The zero-order chi connectivity index (χ0) is 18.3. The van der Waals surface area contributed by atoms with E-state index in [-0.39, 0.29) is 23.7 Å². The van der Waals surface area contributed by atoms with Gasteiger partial charge >= 0.3 is 0 Å². The van der Waals surface area contributed by atoms with E-state index in [1.807, 2.05) is 23.1 Å². The summed E-state index contributed by atoms with van der Waals surface area (Å²) in [5.74, 6) is 1.39. The van der Waals surface area contributed by atoms with Crippen LogP contribution in [0, 0.1) is 5.92 Å². The van der Waals surface area contributed by atoms with Crippen molar-refractivity contribution >= 4 is 5.91 Å². The number of hydrogen-bond donors (Lipinski definition) is 1. The number of likely N-dealkylation sites (tertiary alicyclic amines) is 1. The molecule has 1 spiro atoms. The minimum atomic E-state index is -0.296. The number of carbonyl (C=O) groups excluding carboxylic acids is 1. The maximum atomic E-state index is 12.9. The number of aliphatic hydroxyl groups is 1.